The average molecular weight is 305 g/mol. The van der Waals surface area contributed by atoms with Gasteiger partial charge >= 0.3 is 0 Å². The summed E-state index contributed by atoms with van der Waals surface area (Å²) in [7, 11) is 0. The molecule has 5 nitrogen and oxygen atoms in total. The number of rotatable bonds is 5. The van der Waals surface area contributed by atoms with Gasteiger partial charge in [0.25, 0.3) is 0 Å². The van der Waals surface area contributed by atoms with Crippen LogP contribution in [0.1, 0.15) is 45.4 Å². The van der Waals surface area contributed by atoms with Crippen molar-refractivity contribution >= 4 is 22.9 Å². The van der Waals surface area contributed by atoms with E-state index in [4.69, 9.17) is 0 Å². The number of thioether (sulfide) groups is 1. The Morgan fingerprint density at radius 3 is 3.05 bits per heavy atom. The molecule has 1 aliphatic rings. The van der Waals surface area contributed by atoms with Crippen molar-refractivity contribution in [2.45, 2.75) is 61.8 Å². The number of hydrogen-bond donors (Lipinski definition) is 2. The van der Waals surface area contributed by atoms with E-state index in [1.165, 1.54) is 38.5 Å². The molecule has 2 unspecified atom stereocenters. The molecule has 2 atom stereocenters. The van der Waals surface area contributed by atoms with Crippen LogP contribution >= 0.6 is 11.8 Å². The fraction of sp³-hybridized carbons (Fsp3) is 0.667. The van der Waals surface area contributed by atoms with Crippen molar-refractivity contribution in [1.29, 1.82) is 0 Å². The highest BCUT2D eigenvalue weighted by molar-refractivity contribution is 8.00. The zero-order valence-corrected chi connectivity index (χ0v) is 13.3. The molecule has 1 fully saturated rings. The second kappa shape index (κ2) is 7.22. The molecule has 1 aliphatic carbocycles. The van der Waals surface area contributed by atoms with Crippen LogP contribution < -0.4 is 5.32 Å². The number of aromatic amines is 1. The third kappa shape index (κ3) is 3.55. The fourth-order valence-electron chi connectivity index (χ4n) is 2.95. The Bertz CT molecular complexity index is 570. The number of nitrogens with one attached hydrogen (secondary N) is 2. The molecular weight excluding hydrogens is 282 g/mol. The molecule has 0 aromatic carbocycles. The molecule has 0 bridgehead atoms. The van der Waals surface area contributed by atoms with E-state index in [0.29, 0.717) is 11.3 Å². The van der Waals surface area contributed by atoms with Crippen molar-refractivity contribution in [3.8, 4) is 0 Å². The molecule has 2 heterocycles. The summed E-state index contributed by atoms with van der Waals surface area (Å²) in [5, 5.41) is 5.35. The molecule has 6 heteroatoms. The van der Waals surface area contributed by atoms with Gasteiger partial charge in [-0.1, -0.05) is 37.9 Å². The topological polar surface area (TPSA) is 66.5 Å². The second-order valence-electron chi connectivity index (χ2n) is 5.63. The first kappa shape index (κ1) is 14.8. The average Bonchev–Trinajstić information content (AvgIpc) is 2.88. The summed E-state index contributed by atoms with van der Waals surface area (Å²) in [5.41, 5.74) is 1.74. The standard InChI is InChI=1S/C15H23N5S/c1-2-8-16-11-6-4-3-5-7-12(11)21-15-13-14(18-9-17-13)19-10-20-15/h9-12,16H,2-8H2,1H3,(H,17,18,19,20). The molecular formula is C15H23N5S. The van der Waals surface area contributed by atoms with Gasteiger partial charge in [-0.15, -0.1) is 0 Å². The summed E-state index contributed by atoms with van der Waals surface area (Å²) in [4.78, 5) is 16.1. The highest BCUT2D eigenvalue weighted by Crippen LogP contribution is 2.34. The van der Waals surface area contributed by atoms with Crippen LogP contribution in [0.3, 0.4) is 0 Å². The van der Waals surface area contributed by atoms with E-state index >= 15 is 0 Å². The number of fused-ring (bicyclic) bond motifs is 1. The van der Waals surface area contributed by atoms with Crippen LogP contribution in [0.2, 0.25) is 0 Å². The lowest BCUT2D eigenvalue weighted by Crippen LogP contribution is -2.37. The predicted molar refractivity (Wildman–Crippen MR) is 86.5 cm³/mol. The molecule has 2 aromatic rings. The van der Waals surface area contributed by atoms with Crippen LogP contribution in [-0.4, -0.2) is 37.8 Å². The summed E-state index contributed by atoms with van der Waals surface area (Å²) in [6.07, 6.45) is 11.0. The summed E-state index contributed by atoms with van der Waals surface area (Å²) >= 11 is 1.89. The Morgan fingerprint density at radius 1 is 1.24 bits per heavy atom. The minimum atomic E-state index is 0.584. The van der Waals surface area contributed by atoms with Crippen molar-refractivity contribution in [1.82, 2.24) is 25.3 Å². The van der Waals surface area contributed by atoms with Gasteiger partial charge in [0.2, 0.25) is 0 Å². The van der Waals surface area contributed by atoms with Gasteiger partial charge in [-0.05, 0) is 25.8 Å². The Kier molecular flexibility index (Phi) is 5.08. The number of H-pyrrole nitrogens is 1. The third-order valence-electron chi connectivity index (χ3n) is 4.06. The molecule has 2 aromatic heterocycles. The molecule has 21 heavy (non-hydrogen) atoms. The van der Waals surface area contributed by atoms with Gasteiger partial charge < -0.3 is 10.3 Å². The number of imidazole rings is 1. The molecule has 0 aliphatic heterocycles. The van der Waals surface area contributed by atoms with Crippen LogP contribution in [0, 0.1) is 0 Å². The molecule has 0 radical (unpaired) electrons. The van der Waals surface area contributed by atoms with Gasteiger partial charge in [0.1, 0.15) is 16.9 Å². The van der Waals surface area contributed by atoms with E-state index in [1.54, 1.807) is 12.7 Å². The van der Waals surface area contributed by atoms with Gasteiger partial charge in [-0.25, -0.2) is 15.0 Å². The van der Waals surface area contributed by atoms with Crippen molar-refractivity contribution in [3.63, 3.8) is 0 Å². The van der Waals surface area contributed by atoms with Gasteiger partial charge in [-0.3, -0.25) is 0 Å². The van der Waals surface area contributed by atoms with E-state index in [2.05, 4.69) is 32.2 Å². The molecule has 0 saturated heterocycles. The lowest BCUT2D eigenvalue weighted by atomic mass is 10.1. The van der Waals surface area contributed by atoms with Gasteiger partial charge in [0, 0.05) is 11.3 Å². The predicted octanol–water partition coefficient (Wildman–Crippen LogP) is 3.15. The first-order valence-corrected chi connectivity index (χ1v) is 8.80. The second-order valence-corrected chi connectivity index (χ2v) is 6.86. The zero-order valence-electron chi connectivity index (χ0n) is 12.5. The number of hydrogen-bond acceptors (Lipinski definition) is 5. The van der Waals surface area contributed by atoms with E-state index < -0.39 is 0 Å². The summed E-state index contributed by atoms with van der Waals surface area (Å²) in [5.74, 6) is 0. The Labute approximate surface area is 129 Å². The lowest BCUT2D eigenvalue weighted by Gasteiger charge is -2.25. The molecule has 1 saturated carbocycles. The van der Waals surface area contributed by atoms with Crippen LogP contribution in [0.25, 0.3) is 11.2 Å². The molecule has 0 spiro atoms. The largest absolute Gasteiger partial charge is 0.341 e. The Morgan fingerprint density at radius 2 is 2.14 bits per heavy atom. The first-order valence-electron chi connectivity index (χ1n) is 7.92. The summed E-state index contributed by atoms with van der Waals surface area (Å²) in [6, 6.07) is 0.588. The lowest BCUT2D eigenvalue weighted by molar-refractivity contribution is 0.470. The van der Waals surface area contributed by atoms with Crippen LogP contribution in [-0.2, 0) is 0 Å². The third-order valence-corrected chi connectivity index (χ3v) is 5.46. The maximum Gasteiger partial charge on any atom is 0.181 e. The van der Waals surface area contributed by atoms with Gasteiger partial charge in [0.15, 0.2) is 5.65 Å². The minimum Gasteiger partial charge on any atom is -0.341 e. The Balaban J connectivity index is 1.78. The first-order chi connectivity index (χ1) is 10.4. The Hall–Kier alpha value is -1.14. The van der Waals surface area contributed by atoms with Crippen LogP contribution in [0.15, 0.2) is 17.7 Å². The highest BCUT2D eigenvalue weighted by atomic mass is 32.2. The quantitative estimate of drug-likeness (QED) is 0.656. The molecule has 3 rings (SSSR count). The highest BCUT2D eigenvalue weighted by Gasteiger charge is 2.25. The SMILES string of the molecule is CCCNC1CCCCCC1Sc1ncnc2nc[nH]c12. The van der Waals surface area contributed by atoms with Crippen molar-refractivity contribution < 1.29 is 0 Å². The number of aromatic nitrogens is 4. The van der Waals surface area contributed by atoms with E-state index in [0.717, 1.165) is 22.7 Å². The minimum absolute atomic E-state index is 0.584. The van der Waals surface area contributed by atoms with E-state index in [-0.39, 0.29) is 0 Å². The maximum atomic E-state index is 4.47. The zero-order chi connectivity index (χ0) is 14.5. The maximum absolute atomic E-state index is 4.47. The van der Waals surface area contributed by atoms with E-state index in [1.807, 2.05) is 11.8 Å². The van der Waals surface area contributed by atoms with Gasteiger partial charge in [0.05, 0.1) is 6.33 Å². The van der Waals surface area contributed by atoms with Crippen molar-refractivity contribution in [2.24, 2.45) is 0 Å². The normalized spacial score (nSPS) is 23.3. The smallest absolute Gasteiger partial charge is 0.181 e. The molecule has 0 amide bonds. The number of nitrogens with zero attached hydrogens (tertiary/aromatic N) is 3. The van der Waals surface area contributed by atoms with Crippen molar-refractivity contribution in [3.05, 3.63) is 12.7 Å². The van der Waals surface area contributed by atoms with Gasteiger partial charge in [-0.2, -0.15) is 0 Å². The monoisotopic (exact) mass is 305 g/mol. The van der Waals surface area contributed by atoms with E-state index in [9.17, 15) is 0 Å². The van der Waals surface area contributed by atoms with Crippen LogP contribution in [0.5, 0.6) is 0 Å². The molecule has 2 N–H and O–H groups in total. The molecule has 114 valence electrons. The summed E-state index contributed by atoms with van der Waals surface area (Å²) in [6.45, 7) is 3.33. The fourth-order valence-corrected chi connectivity index (χ4v) is 4.30. The van der Waals surface area contributed by atoms with Crippen molar-refractivity contribution in [2.75, 3.05) is 6.54 Å². The van der Waals surface area contributed by atoms with Crippen LogP contribution in [0.4, 0.5) is 0 Å². The summed E-state index contributed by atoms with van der Waals surface area (Å²) < 4.78 is 0.